The fourth-order valence-corrected chi connectivity index (χ4v) is 3.45. The van der Waals surface area contributed by atoms with Gasteiger partial charge in [-0.15, -0.1) is 0 Å². The smallest absolute Gasteiger partial charge is 0.0564 e. The average Bonchev–Trinajstić information content (AvgIpc) is 2.20. The third-order valence-corrected chi connectivity index (χ3v) is 4.35. The minimum Gasteiger partial charge on any atom is -0.393 e. The summed E-state index contributed by atoms with van der Waals surface area (Å²) >= 11 is 2.09. The van der Waals surface area contributed by atoms with Gasteiger partial charge in [0.1, 0.15) is 0 Å². The van der Waals surface area contributed by atoms with E-state index in [1.54, 1.807) is 0 Å². The quantitative estimate of drug-likeness (QED) is 0.692. The summed E-state index contributed by atoms with van der Waals surface area (Å²) in [5, 5.41) is 9.39. The largest absolute Gasteiger partial charge is 0.393 e. The van der Waals surface area contributed by atoms with Crippen molar-refractivity contribution in [3.8, 4) is 0 Å². The van der Waals surface area contributed by atoms with Crippen molar-refractivity contribution in [1.29, 1.82) is 0 Å². The van der Waals surface area contributed by atoms with Gasteiger partial charge in [-0.05, 0) is 31.4 Å². The molecule has 0 aromatic rings. The molecule has 0 spiro atoms. The molecule has 76 valence electrons. The SMILES string of the molecule is OC1CCN(C2CCCSC2)CC1. The minimum absolute atomic E-state index is 0.0208. The van der Waals surface area contributed by atoms with Crippen molar-refractivity contribution in [2.45, 2.75) is 37.8 Å². The Morgan fingerprint density at radius 1 is 1.15 bits per heavy atom. The van der Waals surface area contributed by atoms with Crippen molar-refractivity contribution in [2.75, 3.05) is 24.6 Å². The highest BCUT2D eigenvalue weighted by atomic mass is 32.2. The maximum Gasteiger partial charge on any atom is 0.0564 e. The van der Waals surface area contributed by atoms with Crippen LogP contribution in [0.15, 0.2) is 0 Å². The third kappa shape index (κ3) is 2.61. The summed E-state index contributed by atoms with van der Waals surface area (Å²) in [4.78, 5) is 2.58. The predicted octanol–water partition coefficient (Wildman–Crippen LogP) is 1.34. The zero-order chi connectivity index (χ0) is 9.10. The summed E-state index contributed by atoms with van der Waals surface area (Å²) in [6.07, 6.45) is 4.72. The van der Waals surface area contributed by atoms with Gasteiger partial charge in [0.2, 0.25) is 0 Å². The van der Waals surface area contributed by atoms with Crippen molar-refractivity contribution in [3.05, 3.63) is 0 Å². The van der Waals surface area contributed by atoms with E-state index in [1.807, 2.05) is 0 Å². The monoisotopic (exact) mass is 201 g/mol. The molecule has 0 aromatic carbocycles. The topological polar surface area (TPSA) is 23.5 Å². The Labute approximate surface area is 84.7 Å². The summed E-state index contributed by atoms with van der Waals surface area (Å²) in [7, 11) is 0. The van der Waals surface area contributed by atoms with Gasteiger partial charge in [0.25, 0.3) is 0 Å². The second-order valence-corrected chi connectivity index (χ2v) is 5.29. The molecule has 2 nitrogen and oxygen atoms in total. The molecule has 0 saturated carbocycles. The normalized spacial score (nSPS) is 33.5. The van der Waals surface area contributed by atoms with Crippen molar-refractivity contribution in [3.63, 3.8) is 0 Å². The Hall–Kier alpha value is 0.270. The molecular formula is C10H19NOS. The molecule has 2 fully saturated rings. The molecule has 2 saturated heterocycles. The van der Waals surface area contributed by atoms with Crippen molar-refractivity contribution in [1.82, 2.24) is 4.90 Å². The molecule has 0 amide bonds. The van der Waals surface area contributed by atoms with Gasteiger partial charge >= 0.3 is 0 Å². The number of hydrogen-bond acceptors (Lipinski definition) is 3. The van der Waals surface area contributed by atoms with E-state index in [1.165, 1.54) is 24.3 Å². The highest BCUT2D eigenvalue weighted by Gasteiger charge is 2.25. The van der Waals surface area contributed by atoms with Crippen LogP contribution in [0.2, 0.25) is 0 Å². The van der Waals surface area contributed by atoms with Crippen LogP contribution < -0.4 is 0 Å². The van der Waals surface area contributed by atoms with Gasteiger partial charge in [0.05, 0.1) is 6.10 Å². The molecule has 0 aliphatic carbocycles. The first-order chi connectivity index (χ1) is 6.36. The average molecular weight is 201 g/mol. The lowest BCUT2D eigenvalue weighted by molar-refractivity contribution is 0.0631. The summed E-state index contributed by atoms with van der Waals surface area (Å²) in [6.45, 7) is 2.23. The first kappa shape index (κ1) is 9.81. The maximum absolute atomic E-state index is 9.39. The fraction of sp³-hybridized carbons (Fsp3) is 1.00. The molecular weight excluding hydrogens is 182 g/mol. The Balaban J connectivity index is 1.79. The van der Waals surface area contributed by atoms with Crippen LogP contribution in [0, 0.1) is 0 Å². The molecule has 0 aromatic heterocycles. The van der Waals surface area contributed by atoms with Crippen LogP contribution in [-0.2, 0) is 0 Å². The summed E-state index contributed by atoms with van der Waals surface area (Å²) in [5.41, 5.74) is 0. The van der Waals surface area contributed by atoms with Gasteiger partial charge in [-0.2, -0.15) is 11.8 Å². The van der Waals surface area contributed by atoms with Crippen molar-refractivity contribution < 1.29 is 5.11 Å². The van der Waals surface area contributed by atoms with Crippen LogP contribution in [0.4, 0.5) is 0 Å². The van der Waals surface area contributed by atoms with E-state index in [-0.39, 0.29) is 6.10 Å². The molecule has 1 unspecified atom stereocenters. The molecule has 2 rings (SSSR count). The molecule has 0 radical (unpaired) electrons. The summed E-state index contributed by atoms with van der Waals surface area (Å²) < 4.78 is 0. The number of aliphatic hydroxyl groups excluding tert-OH is 1. The highest BCUT2D eigenvalue weighted by Crippen LogP contribution is 2.24. The van der Waals surface area contributed by atoms with E-state index in [0.717, 1.165) is 32.0 Å². The molecule has 1 atom stereocenters. The van der Waals surface area contributed by atoms with Gasteiger partial charge < -0.3 is 5.11 Å². The zero-order valence-corrected chi connectivity index (χ0v) is 8.93. The molecule has 1 N–H and O–H groups in total. The zero-order valence-electron chi connectivity index (χ0n) is 8.11. The number of aliphatic hydroxyl groups is 1. The Bertz CT molecular complexity index is 151. The van der Waals surface area contributed by atoms with Gasteiger partial charge in [-0.1, -0.05) is 0 Å². The summed E-state index contributed by atoms with van der Waals surface area (Å²) in [6, 6.07) is 0.811. The Morgan fingerprint density at radius 3 is 2.54 bits per heavy atom. The molecule has 2 aliphatic rings. The minimum atomic E-state index is -0.0208. The Kier molecular flexibility index (Phi) is 3.52. The van der Waals surface area contributed by atoms with Gasteiger partial charge in [-0.25, -0.2) is 0 Å². The van der Waals surface area contributed by atoms with Crippen LogP contribution in [0.3, 0.4) is 0 Å². The van der Waals surface area contributed by atoms with Crippen molar-refractivity contribution in [2.24, 2.45) is 0 Å². The van der Waals surface area contributed by atoms with Gasteiger partial charge in [0.15, 0.2) is 0 Å². The second kappa shape index (κ2) is 4.67. The molecule has 2 heterocycles. The van der Waals surface area contributed by atoms with Gasteiger partial charge in [0, 0.05) is 24.9 Å². The van der Waals surface area contributed by atoms with E-state index in [9.17, 15) is 5.11 Å². The van der Waals surface area contributed by atoms with E-state index in [2.05, 4.69) is 16.7 Å². The Morgan fingerprint density at radius 2 is 1.92 bits per heavy atom. The standard InChI is InChI=1S/C10H19NOS/c12-10-3-5-11(6-4-10)9-2-1-7-13-8-9/h9-10,12H,1-8H2. The van der Waals surface area contributed by atoms with Crippen LogP contribution in [-0.4, -0.2) is 46.7 Å². The number of rotatable bonds is 1. The highest BCUT2D eigenvalue weighted by molar-refractivity contribution is 7.99. The molecule has 0 bridgehead atoms. The van der Waals surface area contributed by atoms with Gasteiger partial charge in [-0.3, -0.25) is 4.90 Å². The third-order valence-electron chi connectivity index (χ3n) is 3.15. The first-order valence-electron chi connectivity index (χ1n) is 5.36. The van der Waals surface area contributed by atoms with Crippen LogP contribution in [0.25, 0.3) is 0 Å². The van der Waals surface area contributed by atoms with Crippen molar-refractivity contribution >= 4 is 11.8 Å². The molecule has 13 heavy (non-hydrogen) atoms. The van der Waals surface area contributed by atoms with Crippen LogP contribution >= 0.6 is 11.8 Å². The lowest BCUT2D eigenvalue weighted by atomic mass is 10.0. The van der Waals surface area contributed by atoms with E-state index in [0.29, 0.717) is 0 Å². The second-order valence-electron chi connectivity index (χ2n) is 4.14. The van der Waals surface area contributed by atoms with Crippen LogP contribution in [0.5, 0.6) is 0 Å². The van der Waals surface area contributed by atoms with E-state index < -0.39 is 0 Å². The maximum atomic E-state index is 9.39. The van der Waals surface area contributed by atoms with Crippen LogP contribution in [0.1, 0.15) is 25.7 Å². The number of thioether (sulfide) groups is 1. The first-order valence-corrected chi connectivity index (χ1v) is 6.51. The lowest BCUT2D eigenvalue weighted by Crippen LogP contribution is -2.44. The summed E-state index contributed by atoms with van der Waals surface area (Å²) in [5.74, 6) is 2.67. The lowest BCUT2D eigenvalue weighted by Gasteiger charge is -2.37. The van der Waals surface area contributed by atoms with E-state index >= 15 is 0 Å². The number of likely N-dealkylation sites (tertiary alicyclic amines) is 1. The number of nitrogens with zero attached hydrogens (tertiary/aromatic N) is 1. The fourth-order valence-electron chi connectivity index (χ4n) is 2.26. The van der Waals surface area contributed by atoms with E-state index in [4.69, 9.17) is 0 Å². The molecule has 3 heteroatoms. The number of piperidine rings is 1. The predicted molar refractivity (Wildman–Crippen MR) is 57.2 cm³/mol. The number of hydrogen-bond donors (Lipinski definition) is 1. The molecule has 2 aliphatic heterocycles.